The summed E-state index contributed by atoms with van der Waals surface area (Å²) < 4.78 is 5.42. The molecule has 4 heteroatoms. The van der Waals surface area contributed by atoms with Gasteiger partial charge in [0, 0.05) is 11.7 Å². The molecule has 0 bridgehead atoms. The first-order valence-electron chi connectivity index (χ1n) is 6.42. The minimum absolute atomic E-state index is 0.0951. The first-order valence-corrected chi connectivity index (χ1v) is 6.42. The van der Waals surface area contributed by atoms with Crippen molar-refractivity contribution in [2.45, 2.75) is 25.8 Å². The van der Waals surface area contributed by atoms with Gasteiger partial charge in [0.25, 0.3) is 0 Å². The molecule has 18 heavy (non-hydrogen) atoms. The van der Waals surface area contributed by atoms with E-state index in [1.807, 2.05) is 31.2 Å². The zero-order valence-electron chi connectivity index (χ0n) is 10.7. The van der Waals surface area contributed by atoms with Crippen LogP contribution in [-0.2, 0) is 9.53 Å². The van der Waals surface area contributed by atoms with Crippen LogP contribution in [0.5, 0.6) is 0 Å². The Morgan fingerprint density at radius 2 is 2.33 bits per heavy atom. The minimum atomic E-state index is -0.0951. The molecule has 0 saturated carbocycles. The fourth-order valence-corrected chi connectivity index (χ4v) is 2.09. The van der Waals surface area contributed by atoms with Crippen LogP contribution >= 0.6 is 0 Å². The molecule has 1 unspecified atom stereocenters. The van der Waals surface area contributed by atoms with Crippen molar-refractivity contribution in [2.75, 3.05) is 25.1 Å². The second-order valence-electron chi connectivity index (χ2n) is 4.67. The maximum atomic E-state index is 11.7. The number of aryl methyl sites for hydroxylation is 1. The average Bonchev–Trinajstić information content (AvgIpc) is 2.85. The van der Waals surface area contributed by atoms with Crippen LogP contribution in [0.25, 0.3) is 0 Å². The lowest BCUT2D eigenvalue weighted by atomic mass is 10.2. The van der Waals surface area contributed by atoms with Gasteiger partial charge in [-0.05, 0) is 37.9 Å². The van der Waals surface area contributed by atoms with E-state index in [9.17, 15) is 4.79 Å². The molecule has 4 nitrogen and oxygen atoms in total. The molecule has 0 aromatic heterocycles. The van der Waals surface area contributed by atoms with Crippen LogP contribution in [0.1, 0.15) is 18.4 Å². The third-order valence-corrected chi connectivity index (χ3v) is 3.13. The molecule has 98 valence electrons. The van der Waals surface area contributed by atoms with Crippen LogP contribution in [0.3, 0.4) is 0 Å². The fraction of sp³-hybridized carbons (Fsp3) is 0.500. The average molecular weight is 248 g/mol. The quantitative estimate of drug-likeness (QED) is 0.834. The van der Waals surface area contributed by atoms with E-state index in [-0.39, 0.29) is 12.5 Å². The number of amides is 1. The Bertz CT molecular complexity index is 401. The second-order valence-corrected chi connectivity index (χ2v) is 4.67. The van der Waals surface area contributed by atoms with E-state index < -0.39 is 0 Å². The zero-order valence-corrected chi connectivity index (χ0v) is 10.7. The van der Waals surface area contributed by atoms with Crippen molar-refractivity contribution >= 4 is 11.6 Å². The molecule has 0 spiro atoms. The molecule has 0 aliphatic carbocycles. The van der Waals surface area contributed by atoms with Gasteiger partial charge in [-0.15, -0.1) is 0 Å². The largest absolute Gasteiger partial charge is 0.370 e. The summed E-state index contributed by atoms with van der Waals surface area (Å²) in [6, 6.07) is 8.14. The van der Waals surface area contributed by atoms with Gasteiger partial charge < -0.3 is 15.4 Å². The summed E-state index contributed by atoms with van der Waals surface area (Å²) in [4.78, 5) is 11.7. The van der Waals surface area contributed by atoms with Crippen molar-refractivity contribution < 1.29 is 9.53 Å². The van der Waals surface area contributed by atoms with Crippen molar-refractivity contribution in [3.05, 3.63) is 29.8 Å². The second kappa shape index (κ2) is 6.52. The molecule has 1 saturated heterocycles. The zero-order chi connectivity index (χ0) is 12.8. The summed E-state index contributed by atoms with van der Waals surface area (Å²) in [6.07, 6.45) is 2.34. The number of carbonyl (C=O) groups is 1. The van der Waals surface area contributed by atoms with Gasteiger partial charge in [0.1, 0.15) is 6.61 Å². The monoisotopic (exact) mass is 248 g/mol. The first-order chi connectivity index (χ1) is 8.75. The molecule has 1 amide bonds. The van der Waals surface area contributed by atoms with Crippen LogP contribution in [-0.4, -0.2) is 31.7 Å². The molecule has 1 aromatic carbocycles. The Kier molecular flexibility index (Phi) is 4.73. The van der Waals surface area contributed by atoms with Crippen molar-refractivity contribution in [2.24, 2.45) is 0 Å². The lowest BCUT2D eigenvalue weighted by molar-refractivity contribution is -0.120. The standard InChI is InChI=1S/C14H20N2O2/c1-11-5-2-3-7-13(11)16-14(17)10-18-9-12-6-4-8-15-12/h2-3,5,7,12,15H,4,6,8-10H2,1H3,(H,16,17). The third-order valence-electron chi connectivity index (χ3n) is 3.13. The Labute approximate surface area is 108 Å². The number of rotatable bonds is 5. The minimum Gasteiger partial charge on any atom is -0.370 e. The highest BCUT2D eigenvalue weighted by atomic mass is 16.5. The number of anilines is 1. The molecule has 2 rings (SSSR count). The molecule has 0 radical (unpaired) electrons. The smallest absolute Gasteiger partial charge is 0.250 e. The van der Waals surface area contributed by atoms with Crippen LogP contribution in [0, 0.1) is 6.92 Å². The van der Waals surface area contributed by atoms with E-state index in [1.165, 1.54) is 6.42 Å². The molecule has 1 aliphatic heterocycles. The van der Waals surface area contributed by atoms with Gasteiger partial charge in [-0.2, -0.15) is 0 Å². The summed E-state index contributed by atoms with van der Waals surface area (Å²) >= 11 is 0. The summed E-state index contributed by atoms with van der Waals surface area (Å²) in [6.45, 7) is 3.76. The highest BCUT2D eigenvalue weighted by Gasteiger charge is 2.14. The van der Waals surface area contributed by atoms with Crippen LogP contribution < -0.4 is 10.6 Å². The van der Waals surface area contributed by atoms with Gasteiger partial charge in [-0.3, -0.25) is 4.79 Å². The summed E-state index contributed by atoms with van der Waals surface area (Å²) in [5.41, 5.74) is 1.91. The lowest BCUT2D eigenvalue weighted by Gasteiger charge is -2.11. The molecule has 1 fully saturated rings. The predicted octanol–water partition coefficient (Wildman–Crippen LogP) is 1.70. The molecule has 1 atom stereocenters. The van der Waals surface area contributed by atoms with Gasteiger partial charge >= 0.3 is 0 Å². The highest BCUT2D eigenvalue weighted by molar-refractivity contribution is 5.92. The molecule has 2 N–H and O–H groups in total. The fourth-order valence-electron chi connectivity index (χ4n) is 2.09. The van der Waals surface area contributed by atoms with Gasteiger partial charge in [-0.25, -0.2) is 0 Å². The van der Waals surface area contributed by atoms with Gasteiger partial charge in [-0.1, -0.05) is 18.2 Å². The van der Waals surface area contributed by atoms with Crippen molar-refractivity contribution in [1.82, 2.24) is 5.32 Å². The van der Waals surface area contributed by atoms with Crippen LogP contribution in [0.15, 0.2) is 24.3 Å². The number of benzene rings is 1. The van der Waals surface area contributed by atoms with E-state index in [2.05, 4.69) is 10.6 Å². The number of hydrogen-bond acceptors (Lipinski definition) is 3. The van der Waals surface area contributed by atoms with E-state index in [1.54, 1.807) is 0 Å². The Balaban J connectivity index is 1.70. The Morgan fingerprint density at radius 3 is 3.06 bits per heavy atom. The van der Waals surface area contributed by atoms with E-state index in [4.69, 9.17) is 4.74 Å². The SMILES string of the molecule is Cc1ccccc1NC(=O)COCC1CCCN1. The summed E-state index contributed by atoms with van der Waals surface area (Å²) in [7, 11) is 0. The number of para-hydroxylation sites is 1. The number of ether oxygens (including phenoxy) is 1. The predicted molar refractivity (Wildman–Crippen MR) is 71.7 cm³/mol. The molecule has 1 heterocycles. The van der Waals surface area contributed by atoms with Gasteiger partial charge in [0.15, 0.2) is 0 Å². The normalized spacial score (nSPS) is 18.8. The van der Waals surface area contributed by atoms with Crippen molar-refractivity contribution in [1.29, 1.82) is 0 Å². The topological polar surface area (TPSA) is 50.4 Å². The van der Waals surface area contributed by atoms with Gasteiger partial charge in [0.05, 0.1) is 6.61 Å². The molecule has 1 aromatic rings. The van der Waals surface area contributed by atoms with Gasteiger partial charge in [0.2, 0.25) is 5.91 Å². The molecular weight excluding hydrogens is 228 g/mol. The highest BCUT2D eigenvalue weighted by Crippen LogP contribution is 2.12. The Hall–Kier alpha value is -1.39. The number of carbonyl (C=O) groups excluding carboxylic acids is 1. The van der Waals surface area contributed by atoms with Crippen molar-refractivity contribution in [3.63, 3.8) is 0 Å². The summed E-state index contributed by atoms with van der Waals surface area (Å²) in [5.74, 6) is -0.0951. The van der Waals surface area contributed by atoms with Crippen LogP contribution in [0.4, 0.5) is 5.69 Å². The maximum Gasteiger partial charge on any atom is 0.250 e. The molecule has 1 aliphatic rings. The lowest BCUT2D eigenvalue weighted by Crippen LogP contribution is -2.29. The van der Waals surface area contributed by atoms with Crippen LogP contribution in [0.2, 0.25) is 0 Å². The summed E-state index contributed by atoms with van der Waals surface area (Å²) in [5, 5.41) is 6.18. The number of hydrogen-bond donors (Lipinski definition) is 2. The maximum absolute atomic E-state index is 11.7. The molecular formula is C14H20N2O2. The third kappa shape index (κ3) is 3.82. The van der Waals surface area contributed by atoms with E-state index in [0.29, 0.717) is 12.6 Å². The number of nitrogens with one attached hydrogen (secondary N) is 2. The van der Waals surface area contributed by atoms with E-state index >= 15 is 0 Å². The first kappa shape index (κ1) is 13.1. The Morgan fingerprint density at radius 1 is 1.50 bits per heavy atom. The van der Waals surface area contributed by atoms with E-state index in [0.717, 1.165) is 24.2 Å². The van der Waals surface area contributed by atoms with Crippen molar-refractivity contribution in [3.8, 4) is 0 Å².